The minimum Gasteiger partial charge on any atom is -0.488 e. The van der Waals surface area contributed by atoms with E-state index in [1.807, 2.05) is 12.1 Å². The second kappa shape index (κ2) is 5.66. The molecule has 1 atom stereocenters. The zero-order chi connectivity index (χ0) is 11.4. The van der Waals surface area contributed by atoms with Crippen LogP contribution in [-0.4, -0.2) is 25.7 Å². The Hall–Kier alpha value is -0.580. The zero-order valence-electron chi connectivity index (χ0n) is 9.21. The van der Waals surface area contributed by atoms with Crippen molar-refractivity contribution >= 4 is 15.9 Å². The van der Waals surface area contributed by atoms with Crippen molar-refractivity contribution in [2.24, 2.45) is 5.73 Å². The molecule has 1 aliphatic rings. The molecular formula is C12H17BrN2O. The van der Waals surface area contributed by atoms with E-state index >= 15 is 0 Å². The summed E-state index contributed by atoms with van der Waals surface area (Å²) in [4.78, 5) is 0. The third-order valence-electron chi connectivity index (χ3n) is 2.69. The summed E-state index contributed by atoms with van der Waals surface area (Å²) in [6, 6.07) is 6.18. The van der Waals surface area contributed by atoms with Gasteiger partial charge in [0.2, 0.25) is 0 Å². The molecule has 4 heteroatoms. The third kappa shape index (κ3) is 2.97. The molecule has 0 spiro atoms. The van der Waals surface area contributed by atoms with Gasteiger partial charge in [-0.15, -0.1) is 0 Å². The van der Waals surface area contributed by atoms with Gasteiger partial charge in [-0.2, -0.15) is 0 Å². The number of nitrogens with one attached hydrogen (secondary N) is 1. The van der Waals surface area contributed by atoms with E-state index in [1.165, 1.54) is 5.56 Å². The first-order valence-corrected chi connectivity index (χ1v) is 6.45. The fourth-order valence-electron chi connectivity index (χ4n) is 1.89. The van der Waals surface area contributed by atoms with Crippen molar-refractivity contribution in [2.75, 3.05) is 19.6 Å². The number of ether oxygens (including phenoxy) is 1. The minimum absolute atomic E-state index is 0.266. The lowest BCUT2D eigenvalue weighted by molar-refractivity contribution is 0.228. The quantitative estimate of drug-likeness (QED) is 0.809. The number of halogens is 1. The normalized spacial score (nSPS) is 18.2. The second-order valence-corrected chi connectivity index (χ2v) is 4.96. The van der Waals surface area contributed by atoms with Crippen molar-refractivity contribution < 1.29 is 4.74 Å². The molecule has 16 heavy (non-hydrogen) atoms. The van der Waals surface area contributed by atoms with Crippen LogP contribution in [0, 0.1) is 0 Å². The maximum absolute atomic E-state index is 5.83. The molecular weight excluding hydrogens is 268 g/mol. The molecule has 2 rings (SSSR count). The van der Waals surface area contributed by atoms with Crippen molar-refractivity contribution in [1.29, 1.82) is 0 Å². The lowest BCUT2D eigenvalue weighted by Gasteiger charge is -2.11. The van der Waals surface area contributed by atoms with Crippen LogP contribution in [0.4, 0.5) is 0 Å². The fraction of sp³-hybridized carbons (Fsp3) is 0.500. The van der Waals surface area contributed by atoms with E-state index in [0.29, 0.717) is 0 Å². The summed E-state index contributed by atoms with van der Waals surface area (Å²) in [6.45, 7) is 2.61. The van der Waals surface area contributed by atoms with Gasteiger partial charge in [-0.25, -0.2) is 0 Å². The van der Waals surface area contributed by atoms with Crippen molar-refractivity contribution in [3.63, 3.8) is 0 Å². The lowest BCUT2D eigenvalue weighted by Crippen LogP contribution is -2.31. The number of hydrogen-bond donors (Lipinski definition) is 2. The molecule has 1 unspecified atom stereocenters. The van der Waals surface area contributed by atoms with Gasteiger partial charge in [-0.1, -0.05) is 15.9 Å². The van der Waals surface area contributed by atoms with Gasteiger partial charge < -0.3 is 15.8 Å². The minimum atomic E-state index is 0.266. The van der Waals surface area contributed by atoms with Gasteiger partial charge in [-0.05, 0) is 43.3 Å². The van der Waals surface area contributed by atoms with Crippen LogP contribution in [0.25, 0.3) is 0 Å². The molecule has 1 heterocycles. The summed E-state index contributed by atoms with van der Waals surface area (Å²) in [5, 5.41) is 3.36. The van der Waals surface area contributed by atoms with Crippen molar-refractivity contribution in [2.45, 2.75) is 18.9 Å². The van der Waals surface area contributed by atoms with Crippen molar-refractivity contribution in [3.05, 3.63) is 28.2 Å². The Morgan fingerprint density at radius 1 is 1.50 bits per heavy atom. The Morgan fingerprint density at radius 2 is 2.38 bits per heavy atom. The number of benzene rings is 1. The molecule has 3 nitrogen and oxygen atoms in total. The van der Waals surface area contributed by atoms with Gasteiger partial charge in [-0.3, -0.25) is 0 Å². The highest BCUT2D eigenvalue weighted by molar-refractivity contribution is 9.10. The first-order chi connectivity index (χ1) is 7.79. The maximum Gasteiger partial charge on any atom is 0.123 e. The van der Waals surface area contributed by atoms with Crippen LogP contribution in [0.15, 0.2) is 22.7 Å². The van der Waals surface area contributed by atoms with E-state index in [0.717, 1.165) is 42.7 Å². The highest BCUT2D eigenvalue weighted by Crippen LogP contribution is 2.30. The van der Waals surface area contributed by atoms with E-state index in [4.69, 9.17) is 10.5 Å². The Morgan fingerprint density at radius 3 is 3.19 bits per heavy atom. The Kier molecular flexibility index (Phi) is 4.21. The van der Waals surface area contributed by atoms with Gasteiger partial charge in [0.1, 0.15) is 11.9 Å². The van der Waals surface area contributed by atoms with E-state index in [9.17, 15) is 0 Å². The van der Waals surface area contributed by atoms with Gasteiger partial charge in [0.25, 0.3) is 0 Å². The third-order valence-corrected chi connectivity index (χ3v) is 3.19. The van der Waals surface area contributed by atoms with Gasteiger partial charge in [0.15, 0.2) is 0 Å². The topological polar surface area (TPSA) is 47.3 Å². The molecule has 1 aromatic carbocycles. The molecule has 0 fully saturated rings. The molecule has 1 aliphatic heterocycles. The first kappa shape index (κ1) is 11.9. The Balaban J connectivity index is 1.81. The molecule has 1 aromatic rings. The van der Waals surface area contributed by atoms with E-state index in [-0.39, 0.29) is 6.10 Å². The van der Waals surface area contributed by atoms with Crippen LogP contribution in [0.2, 0.25) is 0 Å². The average Bonchev–Trinajstić information content (AvgIpc) is 2.66. The van der Waals surface area contributed by atoms with Gasteiger partial charge in [0, 0.05) is 17.4 Å². The van der Waals surface area contributed by atoms with Crippen molar-refractivity contribution in [1.82, 2.24) is 5.32 Å². The summed E-state index contributed by atoms with van der Waals surface area (Å²) in [5.74, 6) is 1.02. The molecule has 88 valence electrons. The molecule has 0 aliphatic carbocycles. The Bertz CT molecular complexity index is 357. The summed E-state index contributed by atoms with van der Waals surface area (Å²) in [6.07, 6.45) is 2.28. The largest absolute Gasteiger partial charge is 0.488 e. The predicted octanol–water partition coefficient (Wildman–Crippen LogP) is 1.69. The van der Waals surface area contributed by atoms with Crippen LogP contribution in [0.1, 0.15) is 12.0 Å². The standard InChI is InChI=1S/C12H17BrN2O/c13-10-2-3-12-9(6-10)7-11(16-12)8-15-5-1-4-14/h2-3,6,11,15H,1,4-5,7-8,14H2. The van der Waals surface area contributed by atoms with Crippen LogP contribution in [-0.2, 0) is 6.42 Å². The van der Waals surface area contributed by atoms with Crippen LogP contribution in [0.5, 0.6) is 5.75 Å². The molecule has 0 radical (unpaired) electrons. The van der Waals surface area contributed by atoms with Crippen LogP contribution >= 0.6 is 15.9 Å². The molecule has 0 bridgehead atoms. The van der Waals surface area contributed by atoms with E-state index in [1.54, 1.807) is 0 Å². The zero-order valence-corrected chi connectivity index (χ0v) is 10.8. The van der Waals surface area contributed by atoms with Crippen LogP contribution in [0.3, 0.4) is 0 Å². The van der Waals surface area contributed by atoms with Crippen molar-refractivity contribution in [3.8, 4) is 5.75 Å². The average molecular weight is 285 g/mol. The van der Waals surface area contributed by atoms with Crippen LogP contribution < -0.4 is 15.8 Å². The van der Waals surface area contributed by atoms with E-state index in [2.05, 4.69) is 27.3 Å². The van der Waals surface area contributed by atoms with E-state index < -0.39 is 0 Å². The lowest BCUT2D eigenvalue weighted by atomic mass is 10.1. The maximum atomic E-state index is 5.83. The summed E-state index contributed by atoms with van der Waals surface area (Å²) < 4.78 is 6.94. The summed E-state index contributed by atoms with van der Waals surface area (Å²) in [5.41, 5.74) is 6.72. The molecule has 0 saturated heterocycles. The SMILES string of the molecule is NCCCNCC1Cc2cc(Br)ccc2O1. The molecule has 0 aromatic heterocycles. The van der Waals surface area contributed by atoms with Gasteiger partial charge in [0.05, 0.1) is 0 Å². The molecule has 3 N–H and O–H groups in total. The summed E-state index contributed by atoms with van der Waals surface area (Å²) in [7, 11) is 0. The highest BCUT2D eigenvalue weighted by Gasteiger charge is 2.22. The first-order valence-electron chi connectivity index (χ1n) is 5.65. The Labute approximate surface area is 104 Å². The smallest absolute Gasteiger partial charge is 0.123 e. The number of fused-ring (bicyclic) bond motifs is 1. The molecule has 0 saturated carbocycles. The summed E-state index contributed by atoms with van der Waals surface area (Å²) >= 11 is 3.47. The highest BCUT2D eigenvalue weighted by atomic mass is 79.9. The number of nitrogens with two attached hydrogens (primary N) is 1. The predicted molar refractivity (Wildman–Crippen MR) is 68.8 cm³/mol. The number of hydrogen-bond acceptors (Lipinski definition) is 3. The number of rotatable bonds is 5. The molecule has 0 amide bonds. The monoisotopic (exact) mass is 284 g/mol. The fourth-order valence-corrected chi connectivity index (χ4v) is 2.30. The van der Waals surface area contributed by atoms with Gasteiger partial charge >= 0.3 is 0 Å². The second-order valence-electron chi connectivity index (χ2n) is 4.04.